The minimum Gasteiger partial charge on any atom is -0.294 e. The fraction of sp³-hybridized carbons (Fsp3) is 0.522. The average molecular weight is 364 g/mol. The molecule has 1 atom stereocenters. The maximum atomic E-state index is 12.7. The first-order chi connectivity index (χ1) is 13.0. The standard InChI is InChI=1S/C23H28N2O2/c1-15(2)18-6-8-19(9-7-18)22(26)12-17-5-10-21-20(11-17)13-23(27)25(24-21)14-16-3-4-16/h6-9,13,15-17H,3-5,10-12,14H2,1-2H3. The van der Waals surface area contributed by atoms with Crippen LogP contribution in [0, 0.1) is 11.8 Å². The number of carbonyl (C=O) groups excluding carboxylic acids is 1. The summed E-state index contributed by atoms with van der Waals surface area (Å²) in [5, 5.41) is 4.61. The molecule has 1 aromatic heterocycles. The summed E-state index contributed by atoms with van der Waals surface area (Å²) in [4.78, 5) is 25.0. The van der Waals surface area contributed by atoms with Crippen molar-refractivity contribution in [1.29, 1.82) is 0 Å². The summed E-state index contributed by atoms with van der Waals surface area (Å²) in [5.74, 6) is 1.62. The second-order valence-electron chi connectivity index (χ2n) is 8.59. The molecule has 4 rings (SSSR count). The van der Waals surface area contributed by atoms with Crippen LogP contribution in [0.2, 0.25) is 0 Å². The topological polar surface area (TPSA) is 52.0 Å². The molecule has 1 aromatic carbocycles. The van der Waals surface area contributed by atoms with Crippen LogP contribution in [-0.4, -0.2) is 15.6 Å². The predicted molar refractivity (Wildman–Crippen MR) is 106 cm³/mol. The van der Waals surface area contributed by atoms with Crippen molar-refractivity contribution in [1.82, 2.24) is 9.78 Å². The Morgan fingerprint density at radius 2 is 1.89 bits per heavy atom. The summed E-state index contributed by atoms with van der Waals surface area (Å²) in [5.41, 5.74) is 4.17. The van der Waals surface area contributed by atoms with Crippen LogP contribution in [0.1, 0.15) is 72.6 Å². The summed E-state index contributed by atoms with van der Waals surface area (Å²) >= 11 is 0. The molecule has 0 radical (unpaired) electrons. The summed E-state index contributed by atoms with van der Waals surface area (Å²) in [7, 11) is 0. The fourth-order valence-corrected chi connectivity index (χ4v) is 3.99. The average Bonchev–Trinajstić information content (AvgIpc) is 3.46. The van der Waals surface area contributed by atoms with Crippen molar-refractivity contribution in [2.75, 3.05) is 0 Å². The first-order valence-electron chi connectivity index (χ1n) is 10.2. The number of aryl methyl sites for hydroxylation is 1. The van der Waals surface area contributed by atoms with Gasteiger partial charge in [-0.3, -0.25) is 9.59 Å². The van der Waals surface area contributed by atoms with E-state index < -0.39 is 0 Å². The molecule has 4 heteroatoms. The third-order valence-corrected chi connectivity index (χ3v) is 5.96. The van der Waals surface area contributed by atoms with E-state index in [1.54, 1.807) is 10.7 Å². The zero-order valence-electron chi connectivity index (χ0n) is 16.3. The summed E-state index contributed by atoms with van der Waals surface area (Å²) < 4.78 is 1.65. The number of aromatic nitrogens is 2. The fourth-order valence-electron chi connectivity index (χ4n) is 3.99. The van der Waals surface area contributed by atoms with E-state index in [0.717, 1.165) is 42.6 Å². The van der Waals surface area contributed by atoms with Gasteiger partial charge >= 0.3 is 0 Å². The lowest BCUT2D eigenvalue weighted by atomic mass is 9.83. The lowest BCUT2D eigenvalue weighted by molar-refractivity contribution is 0.0957. The van der Waals surface area contributed by atoms with Gasteiger partial charge in [0.25, 0.3) is 5.56 Å². The Morgan fingerprint density at radius 3 is 2.56 bits per heavy atom. The van der Waals surface area contributed by atoms with Crippen molar-refractivity contribution in [3.8, 4) is 0 Å². The van der Waals surface area contributed by atoms with Crippen LogP contribution < -0.4 is 5.56 Å². The van der Waals surface area contributed by atoms with E-state index in [0.29, 0.717) is 24.2 Å². The number of rotatable bonds is 6. The molecule has 2 aromatic rings. The lowest BCUT2D eigenvalue weighted by Gasteiger charge is -2.24. The molecule has 1 fully saturated rings. The maximum Gasteiger partial charge on any atom is 0.267 e. The van der Waals surface area contributed by atoms with Crippen molar-refractivity contribution in [2.45, 2.75) is 64.8 Å². The third-order valence-electron chi connectivity index (χ3n) is 5.96. The van der Waals surface area contributed by atoms with Crippen LogP contribution in [0.4, 0.5) is 0 Å². The molecule has 1 saturated carbocycles. The number of fused-ring (bicyclic) bond motifs is 1. The predicted octanol–water partition coefficient (Wildman–Crippen LogP) is 4.15. The van der Waals surface area contributed by atoms with Gasteiger partial charge < -0.3 is 0 Å². The van der Waals surface area contributed by atoms with Gasteiger partial charge in [-0.05, 0) is 61.0 Å². The summed E-state index contributed by atoms with van der Waals surface area (Å²) in [6.07, 6.45) is 5.60. The smallest absolute Gasteiger partial charge is 0.267 e. The Labute approximate surface area is 160 Å². The van der Waals surface area contributed by atoms with E-state index in [9.17, 15) is 9.59 Å². The minimum atomic E-state index is 0.0110. The molecule has 1 unspecified atom stereocenters. The second kappa shape index (κ2) is 7.41. The number of ketones is 1. The molecule has 2 aliphatic rings. The maximum absolute atomic E-state index is 12.7. The quantitative estimate of drug-likeness (QED) is 0.724. The minimum absolute atomic E-state index is 0.0110. The second-order valence-corrected chi connectivity index (χ2v) is 8.59. The van der Waals surface area contributed by atoms with Crippen molar-refractivity contribution in [2.24, 2.45) is 11.8 Å². The Bertz CT molecular complexity index is 892. The van der Waals surface area contributed by atoms with Gasteiger partial charge in [0.1, 0.15) is 0 Å². The van der Waals surface area contributed by atoms with Gasteiger partial charge in [0, 0.05) is 24.6 Å². The molecule has 0 N–H and O–H groups in total. The van der Waals surface area contributed by atoms with Crippen LogP contribution in [0.3, 0.4) is 0 Å². The van der Waals surface area contributed by atoms with Gasteiger partial charge in [0.15, 0.2) is 5.78 Å². The molecule has 0 amide bonds. The van der Waals surface area contributed by atoms with E-state index in [2.05, 4.69) is 31.1 Å². The van der Waals surface area contributed by atoms with E-state index >= 15 is 0 Å². The molecular weight excluding hydrogens is 336 g/mol. The van der Waals surface area contributed by atoms with E-state index in [4.69, 9.17) is 0 Å². The molecule has 2 aliphatic carbocycles. The molecule has 142 valence electrons. The zero-order chi connectivity index (χ0) is 19.0. The van der Waals surface area contributed by atoms with Crippen molar-refractivity contribution in [3.63, 3.8) is 0 Å². The van der Waals surface area contributed by atoms with Crippen molar-refractivity contribution in [3.05, 3.63) is 63.1 Å². The van der Waals surface area contributed by atoms with E-state index in [1.165, 1.54) is 18.4 Å². The van der Waals surface area contributed by atoms with Crippen LogP contribution in [0.5, 0.6) is 0 Å². The molecule has 0 spiro atoms. The Hall–Kier alpha value is -2.23. The van der Waals surface area contributed by atoms with E-state index in [-0.39, 0.29) is 11.3 Å². The molecule has 1 heterocycles. The van der Waals surface area contributed by atoms with Crippen LogP contribution in [0.15, 0.2) is 35.1 Å². The van der Waals surface area contributed by atoms with Gasteiger partial charge in [-0.15, -0.1) is 0 Å². The van der Waals surface area contributed by atoms with Crippen LogP contribution in [0.25, 0.3) is 0 Å². The number of hydrogen-bond donors (Lipinski definition) is 0. The third kappa shape index (κ3) is 4.20. The number of Topliss-reactive ketones (excluding diaryl/α,β-unsaturated/α-hetero) is 1. The van der Waals surface area contributed by atoms with Crippen molar-refractivity contribution >= 4 is 5.78 Å². The largest absolute Gasteiger partial charge is 0.294 e. The zero-order valence-corrected chi connectivity index (χ0v) is 16.3. The molecular formula is C23H28N2O2. The van der Waals surface area contributed by atoms with Crippen LogP contribution >= 0.6 is 0 Å². The Morgan fingerprint density at radius 1 is 1.15 bits per heavy atom. The Balaban J connectivity index is 1.42. The molecule has 0 aliphatic heterocycles. The first-order valence-corrected chi connectivity index (χ1v) is 10.2. The molecule has 0 bridgehead atoms. The highest BCUT2D eigenvalue weighted by Gasteiger charge is 2.26. The van der Waals surface area contributed by atoms with Gasteiger partial charge in [0.05, 0.1) is 5.69 Å². The Kier molecular flexibility index (Phi) is 4.98. The highest BCUT2D eigenvalue weighted by molar-refractivity contribution is 5.96. The molecule has 4 nitrogen and oxygen atoms in total. The number of nitrogens with zero attached hydrogens (tertiary/aromatic N) is 2. The number of benzene rings is 1. The molecule has 27 heavy (non-hydrogen) atoms. The van der Waals surface area contributed by atoms with Crippen LogP contribution in [-0.2, 0) is 19.4 Å². The lowest BCUT2D eigenvalue weighted by Crippen LogP contribution is -2.29. The number of hydrogen-bond acceptors (Lipinski definition) is 3. The SMILES string of the molecule is CC(C)c1ccc(C(=O)CC2CCc3nn(CC4CC4)c(=O)cc3C2)cc1. The molecule has 0 saturated heterocycles. The van der Waals surface area contributed by atoms with Gasteiger partial charge in [-0.2, -0.15) is 5.10 Å². The summed E-state index contributed by atoms with van der Waals surface area (Å²) in [6.45, 7) is 5.08. The monoisotopic (exact) mass is 364 g/mol. The number of carbonyl (C=O) groups is 1. The van der Waals surface area contributed by atoms with Gasteiger partial charge in [-0.25, -0.2) is 4.68 Å². The van der Waals surface area contributed by atoms with Crippen molar-refractivity contribution < 1.29 is 4.79 Å². The first kappa shape index (κ1) is 18.1. The van der Waals surface area contributed by atoms with Gasteiger partial charge in [-0.1, -0.05) is 38.1 Å². The summed E-state index contributed by atoms with van der Waals surface area (Å²) in [6, 6.07) is 9.78. The normalized spacial score (nSPS) is 19.1. The van der Waals surface area contributed by atoms with E-state index in [1.807, 2.05) is 12.1 Å². The highest BCUT2D eigenvalue weighted by atomic mass is 16.1. The highest BCUT2D eigenvalue weighted by Crippen LogP contribution is 2.31. The van der Waals surface area contributed by atoms with Gasteiger partial charge in [0.2, 0.25) is 0 Å².